The van der Waals surface area contributed by atoms with Gasteiger partial charge in [0.2, 0.25) is 5.91 Å². The van der Waals surface area contributed by atoms with E-state index in [1.165, 1.54) is 23.1 Å². The second-order valence-corrected chi connectivity index (χ2v) is 5.97. The Labute approximate surface area is 142 Å². The Morgan fingerprint density at radius 1 is 1.46 bits per heavy atom. The lowest BCUT2D eigenvalue weighted by atomic mass is 10.1. The van der Waals surface area contributed by atoms with E-state index >= 15 is 0 Å². The number of hydrogen-bond acceptors (Lipinski definition) is 4. The van der Waals surface area contributed by atoms with E-state index in [4.69, 9.17) is 16.1 Å². The maximum absolute atomic E-state index is 14.0. The van der Waals surface area contributed by atoms with Crippen LogP contribution in [-0.2, 0) is 4.79 Å². The molecule has 0 spiro atoms. The number of nitrogens with zero attached hydrogens (tertiary/aromatic N) is 2. The predicted octanol–water partition coefficient (Wildman–Crippen LogP) is 3.02. The zero-order valence-corrected chi connectivity index (χ0v) is 13.6. The van der Waals surface area contributed by atoms with Gasteiger partial charge in [0.15, 0.2) is 5.82 Å². The molecule has 1 fully saturated rings. The number of benzene rings is 1. The van der Waals surface area contributed by atoms with Crippen molar-refractivity contribution in [3.63, 3.8) is 0 Å². The van der Waals surface area contributed by atoms with E-state index in [9.17, 15) is 14.0 Å². The highest BCUT2D eigenvalue weighted by Crippen LogP contribution is 2.26. The molecular formula is C16H15ClFN3O3. The molecule has 8 heteroatoms. The Morgan fingerprint density at radius 3 is 2.92 bits per heavy atom. The second-order valence-electron chi connectivity index (χ2n) is 5.57. The van der Waals surface area contributed by atoms with E-state index in [0.717, 1.165) is 0 Å². The number of likely N-dealkylation sites (tertiary alicyclic amines) is 1. The van der Waals surface area contributed by atoms with Crippen LogP contribution in [0, 0.1) is 12.7 Å². The third-order valence-corrected chi connectivity index (χ3v) is 4.19. The molecule has 0 bridgehead atoms. The fourth-order valence-corrected chi connectivity index (χ4v) is 3.01. The van der Waals surface area contributed by atoms with Gasteiger partial charge in [0.05, 0.1) is 10.6 Å². The summed E-state index contributed by atoms with van der Waals surface area (Å²) in [6.45, 7) is 2.06. The molecule has 1 aliphatic rings. The number of carbonyl (C=O) groups is 2. The van der Waals surface area contributed by atoms with Gasteiger partial charge in [-0.1, -0.05) is 22.8 Å². The number of halogens is 2. The number of anilines is 1. The first-order valence-electron chi connectivity index (χ1n) is 7.46. The summed E-state index contributed by atoms with van der Waals surface area (Å²) in [6.07, 6.45) is 1.13. The van der Waals surface area contributed by atoms with Crippen LogP contribution in [0.4, 0.5) is 10.2 Å². The van der Waals surface area contributed by atoms with Crippen LogP contribution in [0.25, 0.3) is 0 Å². The number of hydrogen-bond donors (Lipinski definition) is 1. The van der Waals surface area contributed by atoms with Gasteiger partial charge in [-0.25, -0.2) is 4.39 Å². The topological polar surface area (TPSA) is 75.4 Å². The number of nitrogens with one attached hydrogen (secondary N) is 1. The first kappa shape index (κ1) is 16.4. The van der Waals surface area contributed by atoms with Gasteiger partial charge in [-0.05, 0) is 31.9 Å². The van der Waals surface area contributed by atoms with Crippen LogP contribution >= 0.6 is 11.6 Å². The van der Waals surface area contributed by atoms with Gasteiger partial charge in [0, 0.05) is 12.6 Å². The van der Waals surface area contributed by atoms with Crippen molar-refractivity contribution in [1.82, 2.24) is 10.1 Å². The molecule has 24 heavy (non-hydrogen) atoms. The SMILES string of the molecule is Cc1cc(NC(=O)[C@@H]2CCCN2C(=O)c2c(F)cccc2Cl)no1. The van der Waals surface area contributed by atoms with E-state index in [-0.39, 0.29) is 22.3 Å². The number of carbonyl (C=O) groups excluding carboxylic acids is 2. The van der Waals surface area contributed by atoms with Crippen LogP contribution in [0.1, 0.15) is 29.0 Å². The third kappa shape index (κ3) is 3.12. The van der Waals surface area contributed by atoms with E-state index in [0.29, 0.717) is 25.1 Å². The van der Waals surface area contributed by atoms with Crippen LogP contribution in [0.3, 0.4) is 0 Å². The van der Waals surface area contributed by atoms with Crippen LogP contribution in [0.15, 0.2) is 28.8 Å². The lowest BCUT2D eigenvalue weighted by Gasteiger charge is -2.24. The van der Waals surface area contributed by atoms with Crippen molar-refractivity contribution in [1.29, 1.82) is 0 Å². The monoisotopic (exact) mass is 351 g/mol. The van der Waals surface area contributed by atoms with Crippen LogP contribution < -0.4 is 5.32 Å². The fraction of sp³-hybridized carbons (Fsp3) is 0.312. The summed E-state index contributed by atoms with van der Waals surface area (Å²) in [5, 5.41) is 6.32. The van der Waals surface area contributed by atoms with Crippen molar-refractivity contribution in [3.8, 4) is 0 Å². The Bertz CT molecular complexity index is 772. The van der Waals surface area contributed by atoms with E-state index in [1.807, 2.05) is 0 Å². The minimum atomic E-state index is -0.704. The Balaban J connectivity index is 1.80. The fourth-order valence-electron chi connectivity index (χ4n) is 2.76. The summed E-state index contributed by atoms with van der Waals surface area (Å²) in [6, 6.07) is 4.91. The highest BCUT2D eigenvalue weighted by molar-refractivity contribution is 6.33. The van der Waals surface area contributed by atoms with Crippen molar-refractivity contribution in [2.45, 2.75) is 25.8 Å². The molecule has 1 N–H and O–H groups in total. The molecule has 1 aliphatic heterocycles. The maximum Gasteiger partial charge on any atom is 0.259 e. The largest absolute Gasteiger partial charge is 0.360 e. The first-order chi connectivity index (χ1) is 11.5. The molecule has 2 aromatic rings. The summed E-state index contributed by atoms with van der Waals surface area (Å²) in [7, 11) is 0. The summed E-state index contributed by atoms with van der Waals surface area (Å²) in [4.78, 5) is 26.4. The molecule has 3 rings (SSSR count). The predicted molar refractivity (Wildman–Crippen MR) is 85.3 cm³/mol. The molecule has 0 aliphatic carbocycles. The van der Waals surface area contributed by atoms with Gasteiger partial charge in [0.25, 0.3) is 5.91 Å². The Hall–Kier alpha value is -2.41. The molecule has 2 amide bonds. The van der Waals surface area contributed by atoms with Gasteiger partial charge in [-0.15, -0.1) is 0 Å². The maximum atomic E-state index is 14.0. The average Bonchev–Trinajstić information content (AvgIpc) is 3.16. The highest BCUT2D eigenvalue weighted by atomic mass is 35.5. The van der Waals surface area contributed by atoms with Gasteiger partial charge in [-0.3, -0.25) is 9.59 Å². The van der Waals surface area contributed by atoms with Crippen molar-refractivity contribution >= 4 is 29.2 Å². The van der Waals surface area contributed by atoms with Crippen molar-refractivity contribution < 1.29 is 18.5 Å². The van der Waals surface area contributed by atoms with Gasteiger partial charge >= 0.3 is 0 Å². The van der Waals surface area contributed by atoms with Crippen molar-refractivity contribution in [2.75, 3.05) is 11.9 Å². The molecule has 2 heterocycles. The number of amides is 2. The molecule has 1 aromatic heterocycles. The first-order valence-corrected chi connectivity index (χ1v) is 7.84. The average molecular weight is 352 g/mol. The van der Waals surface area contributed by atoms with E-state index in [1.54, 1.807) is 13.0 Å². The Morgan fingerprint density at radius 2 is 2.25 bits per heavy atom. The zero-order chi connectivity index (χ0) is 17.3. The summed E-state index contributed by atoms with van der Waals surface area (Å²) >= 11 is 5.95. The normalized spacial score (nSPS) is 17.1. The van der Waals surface area contributed by atoms with Crippen LogP contribution in [-0.4, -0.2) is 34.5 Å². The zero-order valence-electron chi connectivity index (χ0n) is 12.9. The summed E-state index contributed by atoms with van der Waals surface area (Å²) in [5.41, 5.74) is -0.212. The lowest BCUT2D eigenvalue weighted by molar-refractivity contribution is -0.119. The molecule has 0 unspecified atom stereocenters. The van der Waals surface area contributed by atoms with Gasteiger partial charge < -0.3 is 14.7 Å². The van der Waals surface area contributed by atoms with E-state index < -0.39 is 17.8 Å². The molecule has 1 aromatic carbocycles. The summed E-state index contributed by atoms with van der Waals surface area (Å²) in [5.74, 6) is -0.845. The quantitative estimate of drug-likeness (QED) is 0.922. The number of rotatable bonds is 3. The Kier molecular flexibility index (Phi) is 4.53. The van der Waals surface area contributed by atoms with Crippen molar-refractivity contribution in [3.05, 3.63) is 46.4 Å². The van der Waals surface area contributed by atoms with Gasteiger partial charge in [-0.2, -0.15) is 0 Å². The minimum Gasteiger partial charge on any atom is -0.360 e. The second kappa shape index (κ2) is 6.60. The lowest BCUT2D eigenvalue weighted by Crippen LogP contribution is -2.43. The molecule has 6 nitrogen and oxygen atoms in total. The molecule has 126 valence electrons. The van der Waals surface area contributed by atoms with Crippen molar-refractivity contribution in [2.24, 2.45) is 0 Å². The number of aryl methyl sites for hydroxylation is 1. The highest BCUT2D eigenvalue weighted by Gasteiger charge is 2.36. The van der Waals surface area contributed by atoms with Crippen LogP contribution in [0.2, 0.25) is 5.02 Å². The minimum absolute atomic E-state index is 0.0261. The molecule has 0 radical (unpaired) electrons. The third-order valence-electron chi connectivity index (χ3n) is 3.87. The molecule has 1 atom stereocenters. The number of aromatic nitrogens is 1. The smallest absolute Gasteiger partial charge is 0.259 e. The molecule has 1 saturated heterocycles. The van der Waals surface area contributed by atoms with Gasteiger partial charge in [0.1, 0.15) is 17.6 Å². The molecular weight excluding hydrogens is 337 g/mol. The summed E-state index contributed by atoms with van der Waals surface area (Å²) < 4.78 is 18.9. The standard InChI is InChI=1S/C16H15ClFN3O3/c1-9-8-13(20-24-9)19-15(22)12-6-3-7-21(12)16(23)14-10(17)4-2-5-11(14)18/h2,4-5,8,12H,3,6-7H2,1H3,(H,19,20,22)/t12-/m0/s1. The van der Waals surface area contributed by atoms with Crippen LogP contribution in [0.5, 0.6) is 0 Å². The van der Waals surface area contributed by atoms with E-state index in [2.05, 4.69) is 10.5 Å². The molecule has 0 saturated carbocycles.